The van der Waals surface area contributed by atoms with E-state index in [0.29, 0.717) is 24.1 Å². The largest absolute Gasteiger partial charge is 0.341 e. The Morgan fingerprint density at radius 3 is 3.00 bits per heavy atom. The molecule has 2 aromatic heterocycles. The molecule has 20 heavy (non-hydrogen) atoms. The highest BCUT2D eigenvalue weighted by atomic mass is 16.3. The van der Waals surface area contributed by atoms with E-state index >= 15 is 0 Å². The Labute approximate surface area is 114 Å². The second-order valence-electron chi connectivity index (χ2n) is 5.07. The molecule has 0 fully saturated rings. The number of allylic oxidation sites excluding steroid dienone is 4. The topological polar surface area (TPSA) is 92.6 Å². The van der Waals surface area contributed by atoms with Gasteiger partial charge in [-0.15, -0.1) is 0 Å². The minimum absolute atomic E-state index is 0.187. The maximum atomic E-state index is 11.6. The highest BCUT2D eigenvalue weighted by molar-refractivity contribution is 5.73. The van der Waals surface area contributed by atoms with Crippen molar-refractivity contribution in [2.75, 3.05) is 0 Å². The standard InChI is InChI=1S/C14H14N4O2/c1-8-6-10(18-20)3-2-9(8)7-12-16-11-4-5-15-14(19)13(11)17-12/h2-5,8H,6-7H2,1H3,(H,15,19)(H,16,17)/p+1. The highest BCUT2D eigenvalue weighted by Crippen LogP contribution is 2.24. The van der Waals surface area contributed by atoms with Crippen molar-refractivity contribution >= 4 is 11.0 Å². The van der Waals surface area contributed by atoms with Gasteiger partial charge in [-0.2, -0.15) is 0 Å². The summed E-state index contributed by atoms with van der Waals surface area (Å²) in [6.45, 7) is 2.08. The predicted molar refractivity (Wildman–Crippen MR) is 74.7 cm³/mol. The van der Waals surface area contributed by atoms with Gasteiger partial charge in [0.15, 0.2) is 5.52 Å². The number of nitrogens with one attached hydrogen (secondary N) is 3. The number of hydrogen-bond donors (Lipinski definition) is 3. The fourth-order valence-electron chi connectivity index (χ4n) is 2.49. The molecule has 0 bridgehead atoms. The van der Waals surface area contributed by atoms with E-state index in [-0.39, 0.29) is 11.5 Å². The van der Waals surface area contributed by atoms with Crippen molar-refractivity contribution in [3.63, 3.8) is 0 Å². The van der Waals surface area contributed by atoms with Gasteiger partial charge in [0.2, 0.25) is 5.70 Å². The SMILES string of the molecule is CC1CC([NH+]=O)=CC=C1Cc1nc2c(=O)[nH]ccc2[nH]1. The molecule has 3 rings (SSSR count). The summed E-state index contributed by atoms with van der Waals surface area (Å²) in [7, 11) is 0. The van der Waals surface area contributed by atoms with Crippen LogP contribution in [0.25, 0.3) is 11.0 Å². The average molecular weight is 271 g/mol. The molecule has 1 atom stereocenters. The number of hydrogen-bond acceptors (Lipinski definition) is 3. The second kappa shape index (κ2) is 4.88. The Hall–Kier alpha value is -2.50. The molecule has 6 nitrogen and oxygen atoms in total. The van der Waals surface area contributed by atoms with Crippen LogP contribution >= 0.6 is 0 Å². The molecule has 0 spiro atoms. The molecule has 2 aromatic rings. The minimum Gasteiger partial charge on any atom is -0.341 e. The molecule has 0 amide bonds. The van der Waals surface area contributed by atoms with Crippen LogP contribution in [0.2, 0.25) is 0 Å². The van der Waals surface area contributed by atoms with Crippen LogP contribution in [0.4, 0.5) is 0 Å². The summed E-state index contributed by atoms with van der Waals surface area (Å²) >= 11 is 0. The lowest BCUT2D eigenvalue weighted by Gasteiger charge is -2.15. The maximum Gasteiger partial charge on any atom is 0.276 e. The van der Waals surface area contributed by atoms with Gasteiger partial charge in [0.1, 0.15) is 5.82 Å². The van der Waals surface area contributed by atoms with Gasteiger partial charge in [0, 0.05) is 35.2 Å². The summed E-state index contributed by atoms with van der Waals surface area (Å²) in [4.78, 5) is 32.4. The van der Waals surface area contributed by atoms with Gasteiger partial charge in [0.25, 0.3) is 5.56 Å². The lowest BCUT2D eigenvalue weighted by molar-refractivity contribution is -0.426. The zero-order valence-corrected chi connectivity index (χ0v) is 11.1. The van der Waals surface area contributed by atoms with Crippen LogP contribution in [0.15, 0.2) is 40.5 Å². The highest BCUT2D eigenvalue weighted by Gasteiger charge is 2.20. The van der Waals surface area contributed by atoms with Crippen LogP contribution < -0.4 is 10.7 Å². The van der Waals surface area contributed by atoms with Gasteiger partial charge in [-0.1, -0.05) is 18.6 Å². The van der Waals surface area contributed by atoms with Crippen LogP contribution in [0.3, 0.4) is 0 Å². The van der Waals surface area contributed by atoms with E-state index in [1.807, 2.05) is 11.3 Å². The second-order valence-corrected chi connectivity index (χ2v) is 5.07. The number of rotatable bonds is 3. The van der Waals surface area contributed by atoms with E-state index in [2.05, 4.69) is 21.9 Å². The van der Waals surface area contributed by atoms with E-state index in [4.69, 9.17) is 0 Å². The van der Waals surface area contributed by atoms with Gasteiger partial charge in [-0.05, 0) is 12.0 Å². The van der Waals surface area contributed by atoms with E-state index in [1.54, 1.807) is 18.3 Å². The fraction of sp³-hybridized carbons (Fsp3) is 0.286. The van der Waals surface area contributed by atoms with Crippen LogP contribution in [-0.2, 0) is 6.42 Å². The first-order valence-corrected chi connectivity index (χ1v) is 6.51. The molecule has 0 radical (unpaired) electrons. The third-order valence-corrected chi connectivity index (χ3v) is 3.62. The van der Waals surface area contributed by atoms with Crippen molar-refractivity contribution in [1.82, 2.24) is 15.0 Å². The van der Waals surface area contributed by atoms with Crippen molar-refractivity contribution in [1.29, 1.82) is 0 Å². The summed E-state index contributed by atoms with van der Waals surface area (Å²) in [5.41, 5.74) is 2.88. The molecule has 0 aliphatic heterocycles. The zero-order valence-electron chi connectivity index (χ0n) is 11.1. The third-order valence-electron chi connectivity index (χ3n) is 3.62. The third kappa shape index (κ3) is 2.20. The van der Waals surface area contributed by atoms with E-state index < -0.39 is 0 Å². The smallest absolute Gasteiger partial charge is 0.276 e. The molecule has 1 aliphatic rings. The molecule has 3 N–H and O–H groups in total. The number of H-pyrrole nitrogens is 2. The minimum atomic E-state index is -0.187. The van der Waals surface area contributed by atoms with E-state index in [0.717, 1.165) is 11.3 Å². The number of imidazole rings is 1. The predicted octanol–water partition coefficient (Wildman–Crippen LogP) is 0.491. The molecule has 0 saturated heterocycles. The van der Waals surface area contributed by atoms with Crippen LogP contribution in [0, 0.1) is 10.8 Å². The number of aromatic nitrogens is 3. The van der Waals surface area contributed by atoms with Gasteiger partial charge in [-0.3, -0.25) is 4.79 Å². The van der Waals surface area contributed by atoms with E-state index in [1.165, 1.54) is 5.57 Å². The van der Waals surface area contributed by atoms with E-state index in [9.17, 15) is 9.70 Å². The summed E-state index contributed by atoms with van der Waals surface area (Å²) in [5, 5.41) is 1.95. The number of fused-ring (bicyclic) bond motifs is 1. The zero-order chi connectivity index (χ0) is 14.1. The molecule has 1 unspecified atom stereocenters. The quantitative estimate of drug-likeness (QED) is 0.758. The summed E-state index contributed by atoms with van der Waals surface area (Å²) in [6.07, 6.45) is 6.71. The first-order valence-electron chi connectivity index (χ1n) is 6.51. The number of nitroso groups, excluding NO2 is 1. The molecule has 6 heteroatoms. The maximum absolute atomic E-state index is 11.6. The molecule has 0 aromatic carbocycles. The normalized spacial score (nSPS) is 18.8. The van der Waals surface area contributed by atoms with Crippen LogP contribution in [0.5, 0.6) is 0 Å². The number of aromatic amines is 2. The summed E-state index contributed by atoms with van der Waals surface area (Å²) in [6, 6.07) is 1.80. The Morgan fingerprint density at radius 2 is 2.30 bits per heavy atom. The van der Waals surface area contributed by atoms with Crippen molar-refractivity contribution in [2.45, 2.75) is 19.8 Å². The average Bonchev–Trinajstić information content (AvgIpc) is 2.85. The van der Waals surface area contributed by atoms with Gasteiger partial charge < -0.3 is 9.97 Å². The Balaban J connectivity index is 1.92. The molecule has 1 aliphatic carbocycles. The molecule has 2 heterocycles. The van der Waals surface area contributed by atoms with Crippen molar-refractivity contribution in [2.24, 2.45) is 5.92 Å². The molecule has 102 valence electrons. The van der Waals surface area contributed by atoms with Gasteiger partial charge >= 0.3 is 0 Å². The van der Waals surface area contributed by atoms with Gasteiger partial charge in [-0.25, -0.2) is 4.98 Å². The number of pyridine rings is 1. The van der Waals surface area contributed by atoms with Crippen LogP contribution in [-0.4, -0.2) is 15.0 Å². The van der Waals surface area contributed by atoms with Crippen LogP contribution in [0.1, 0.15) is 19.2 Å². The van der Waals surface area contributed by atoms with Crippen molar-refractivity contribution in [3.05, 3.63) is 56.8 Å². The lowest BCUT2D eigenvalue weighted by Crippen LogP contribution is -2.62. The monoisotopic (exact) mass is 271 g/mol. The van der Waals surface area contributed by atoms with Crippen molar-refractivity contribution in [3.8, 4) is 0 Å². The summed E-state index contributed by atoms with van der Waals surface area (Å²) < 4.78 is 0. The Bertz CT molecular complexity index is 782. The summed E-state index contributed by atoms with van der Waals surface area (Å²) in [5.74, 6) is 1.05. The first kappa shape index (κ1) is 12.5. The van der Waals surface area contributed by atoms with Crippen molar-refractivity contribution < 1.29 is 5.18 Å². The lowest BCUT2D eigenvalue weighted by atomic mass is 9.89. The number of nitrogens with zero attached hydrogens (tertiary/aromatic N) is 1. The van der Waals surface area contributed by atoms with Gasteiger partial charge in [0.05, 0.1) is 5.52 Å². The fourth-order valence-corrected chi connectivity index (χ4v) is 2.49. The Kier molecular flexibility index (Phi) is 3.06. The first-order chi connectivity index (χ1) is 9.67. The molecular weight excluding hydrogens is 256 g/mol. The molecular formula is C14H15N4O2+. The Morgan fingerprint density at radius 1 is 1.45 bits per heavy atom. The molecule has 0 saturated carbocycles.